The highest BCUT2D eigenvalue weighted by Gasteiger charge is 2.00. The first kappa shape index (κ1) is 14.9. The third-order valence-corrected chi connectivity index (χ3v) is 2.82. The molecule has 0 amide bonds. The zero-order valence-corrected chi connectivity index (χ0v) is 10.8. The fraction of sp³-hybridized carbons (Fsp3) is 1.00. The second-order valence-electron chi connectivity index (χ2n) is 4.71. The summed E-state index contributed by atoms with van der Waals surface area (Å²) in [5.41, 5.74) is 0. The van der Waals surface area contributed by atoms with Gasteiger partial charge < -0.3 is 10.0 Å². The molecular weight excluding hydrogens is 186 g/mol. The van der Waals surface area contributed by atoms with Gasteiger partial charge in [-0.3, -0.25) is 0 Å². The predicted octanol–water partition coefficient (Wildman–Crippen LogP) is 3.05. The maximum absolute atomic E-state index is 9.14. The fourth-order valence-corrected chi connectivity index (χ4v) is 1.68. The second-order valence-corrected chi connectivity index (χ2v) is 4.71. The van der Waals surface area contributed by atoms with Gasteiger partial charge in [0.1, 0.15) is 0 Å². The zero-order valence-electron chi connectivity index (χ0n) is 10.8. The summed E-state index contributed by atoms with van der Waals surface area (Å²) < 4.78 is 0. The van der Waals surface area contributed by atoms with Gasteiger partial charge in [-0.15, -0.1) is 0 Å². The third kappa shape index (κ3) is 11.8. The Bertz CT molecular complexity index is 126. The van der Waals surface area contributed by atoms with Crippen LogP contribution in [0.5, 0.6) is 0 Å². The summed E-state index contributed by atoms with van der Waals surface area (Å²) in [6.07, 6.45) is 8.90. The first-order valence-electron chi connectivity index (χ1n) is 6.53. The summed E-state index contributed by atoms with van der Waals surface area (Å²) in [5, 5.41) is 9.14. The molecule has 0 saturated carbocycles. The molecule has 0 spiro atoms. The lowest BCUT2D eigenvalue weighted by atomic mass is 10.1. The molecule has 0 aromatic carbocycles. The van der Waals surface area contributed by atoms with Gasteiger partial charge >= 0.3 is 0 Å². The summed E-state index contributed by atoms with van der Waals surface area (Å²) in [6, 6.07) is 0. The molecule has 0 bridgehead atoms. The van der Waals surface area contributed by atoms with E-state index in [0.29, 0.717) is 0 Å². The van der Waals surface area contributed by atoms with Crippen molar-refractivity contribution >= 4 is 0 Å². The van der Waals surface area contributed by atoms with Crippen LogP contribution in [0.2, 0.25) is 0 Å². The van der Waals surface area contributed by atoms with Crippen molar-refractivity contribution in [2.45, 2.75) is 64.9 Å². The number of unbranched alkanes of at least 4 members (excludes halogenated alkanes) is 5. The first-order chi connectivity index (χ1) is 7.16. The average Bonchev–Trinajstić information content (AvgIpc) is 2.20. The highest BCUT2D eigenvalue weighted by atomic mass is 16.3. The second kappa shape index (κ2) is 10.4. The molecule has 15 heavy (non-hydrogen) atoms. The van der Waals surface area contributed by atoms with E-state index >= 15 is 0 Å². The van der Waals surface area contributed by atoms with Crippen LogP contribution in [0.3, 0.4) is 0 Å². The first-order valence-corrected chi connectivity index (χ1v) is 6.53. The Morgan fingerprint density at radius 3 is 2.20 bits per heavy atom. The molecule has 0 aromatic heterocycles. The number of aliphatic hydroxyl groups excluding tert-OH is 1. The van der Waals surface area contributed by atoms with Crippen molar-refractivity contribution in [2.75, 3.05) is 20.1 Å². The molecule has 0 saturated heterocycles. The van der Waals surface area contributed by atoms with E-state index in [1.807, 2.05) is 6.92 Å². The summed E-state index contributed by atoms with van der Waals surface area (Å²) in [4.78, 5) is 2.33. The van der Waals surface area contributed by atoms with Crippen LogP contribution in [0.4, 0.5) is 0 Å². The fourth-order valence-electron chi connectivity index (χ4n) is 1.68. The van der Waals surface area contributed by atoms with Gasteiger partial charge in [0.2, 0.25) is 0 Å². The number of rotatable bonds is 10. The van der Waals surface area contributed by atoms with Crippen LogP contribution in [-0.2, 0) is 0 Å². The summed E-state index contributed by atoms with van der Waals surface area (Å²) in [7, 11) is 2.15. The molecule has 0 heterocycles. The van der Waals surface area contributed by atoms with Crippen LogP contribution < -0.4 is 0 Å². The molecule has 92 valence electrons. The van der Waals surface area contributed by atoms with Crippen LogP contribution in [0.1, 0.15) is 58.8 Å². The van der Waals surface area contributed by atoms with E-state index in [2.05, 4.69) is 18.9 Å². The third-order valence-electron chi connectivity index (χ3n) is 2.82. The molecule has 0 fully saturated rings. The Balaban J connectivity index is 3.13. The van der Waals surface area contributed by atoms with E-state index in [1.165, 1.54) is 45.1 Å². The summed E-state index contributed by atoms with van der Waals surface area (Å²) in [6.45, 7) is 6.31. The largest absolute Gasteiger partial charge is 0.393 e. The molecule has 1 unspecified atom stereocenters. The van der Waals surface area contributed by atoms with Crippen molar-refractivity contribution in [3.8, 4) is 0 Å². The van der Waals surface area contributed by atoms with E-state index in [0.717, 1.165) is 13.0 Å². The minimum Gasteiger partial charge on any atom is -0.393 e. The van der Waals surface area contributed by atoms with Crippen molar-refractivity contribution in [3.05, 3.63) is 0 Å². The lowest BCUT2D eigenvalue weighted by Gasteiger charge is -2.17. The topological polar surface area (TPSA) is 23.5 Å². The zero-order chi connectivity index (χ0) is 11.5. The Morgan fingerprint density at radius 1 is 1.00 bits per heavy atom. The Labute approximate surface area is 95.7 Å². The summed E-state index contributed by atoms with van der Waals surface area (Å²) in [5.74, 6) is 0. The van der Waals surface area contributed by atoms with Gasteiger partial charge in [-0.05, 0) is 33.4 Å². The molecule has 1 atom stereocenters. The normalized spacial score (nSPS) is 13.4. The molecular formula is C13H29NO. The van der Waals surface area contributed by atoms with Crippen molar-refractivity contribution in [1.82, 2.24) is 4.90 Å². The van der Waals surface area contributed by atoms with Gasteiger partial charge in [0.15, 0.2) is 0 Å². The van der Waals surface area contributed by atoms with Crippen LogP contribution >= 0.6 is 0 Å². The predicted molar refractivity (Wildman–Crippen MR) is 67.2 cm³/mol. The SMILES string of the molecule is CCCCCCCCN(C)CCC(C)O. The van der Waals surface area contributed by atoms with E-state index < -0.39 is 0 Å². The molecule has 0 aliphatic rings. The highest BCUT2D eigenvalue weighted by molar-refractivity contribution is 4.55. The smallest absolute Gasteiger partial charge is 0.0524 e. The number of nitrogens with zero attached hydrogens (tertiary/aromatic N) is 1. The molecule has 0 radical (unpaired) electrons. The maximum Gasteiger partial charge on any atom is 0.0524 e. The van der Waals surface area contributed by atoms with Gasteiger partial charge in [0.25, 0.3) is 0 Å². The van der Waals surface area contributed by atoms with Crippen molar-refractivity contribution in [1.29, 1.82) is 0 Å². The Hall–Kier alpha value is -0.0800. The standard InChI is InChI=1S/C13H29NO/c1-4-5-6-7-8-9-11-14(3)12-10-13(2)15/h13,15H,4-12H2,1-3H3. The molecule has 2 nitrogen and oxygen atoms in total. The summed E-state index contributed by atoms with van der Waals surface area (Å²) >= 11 is 0. The van der Waals surface area contributed by atoms with E-state index in [4.69, 9.17) is 5.11 Å². The van der Waals surface area contributed by atoms with E-state index in [9.17, 15) is 0 Å². The average molecular weight is 215 g/mol. The van der Waals surface area contributed by atoms with Gasteiger partial charge in [0, 0.05) is 6.54 Å². The number of aliphatic hydroxyl groups is 1. The van der Waals surface area contributed by atoms with Gasteiger partial charge in [-0.25, -0.2) is 0 Å². The lowest BCUT2D eigenvalue weighted by molar-refractivity contribution is 0.164. The molecule has 0 aliphatic heterocycles. The van der Waals surface area contributed by atoms with Crippen molar-refractivity contribution in [2.24, 2.45) is 0 Å². The number of hydrogen-bond donors (Lipinski definition) is 1. The number of hydrogen-bond acceptors (Lipinski definition) is 2. The van der Waals surface area contributed by atoms with Gasteiger partial charge in [0.05, 0.1) is 6.10 Å². The minimum absolute atomic E-state index is 0.156. The van der Waals surface area contributed by atoms with Crippen LogP contribution in [0, 0.1) is 0 Å². The van der Waals surface area contributed by atoms with Crippen LogP contribution in [0.15, 0.2) is 0 Å². The molecule has 0 rings (SSSR count). The van der Waals surface area contributed by atoms with Gasteiger partial charge in [-0.1, -0.05) is 39.0 Å². The van der Waals surface area contributed by atoms with E-state index in [1.54, 1.807) is 0 Å². The highest BCUT2D eigenvalue weighted by Crippen LogP contribution is 2.05. The quantitative estimate of drug-likeness (QED) is 0.566. The monoisotopic (exact) mass is 215 g/mol. The molecule has 0 aliphatic carbocycles. The minimum atomic E-state index is -0.156. The Kier molecular flexibility index (Phi) is 10.4. The van der Waals surface area contributed by atoms with Crippen molar-refractivity contribution < 1.29 is 5.11 Å². The van der Waals surface area contributed by atoms with Gasteiger partial charge in [-0.2, -0.15) is 0 Å². The molecule has 2 heteroatoms. The van der Waals surface area contributed by atoms with E-state index in [-0.39, 0.29) is 6.10 Å². The maximum atomic E-state index is 9.14. The lowest BCUT2D eigenvalue weighted by Crippen LogP contribution is -2.23. The Morgan fingerprint density at radius 2 is 1.60 bits per heavy atom. The van der Waals surface area contributed by atoms with Crippen LogP contribution in [-0.4, -0.2) is 36.2 Å². The molecule has 0 aromatic rings. The van der Waals surface area contributed by atoms with Crippen LogP contribution in [0.25, 0.3) is 0 Å². The molecule has 1 N–H and O–H groups in total. The van der Waals surface area contributed by atoms with Crippen molar-refractivity contribution in [3.63, 3.8) is 0 Å².